The molecule has 2 aromatic carbocycles. The third kappa shape index (κ3) is 4.57. The van der Waals surface area contributed by atoms with Crippen LogP contribution in [0.5, 0.6) is 0 Å². The smallest absolute Gasteiger partial charge is 0.234 e. The highest BCUT2D eigenvalue weighted by molar-refractivity contribution is 5.83. The van der Waals surface area contributed by atoms with Crippen molar-refractivity contribution in [2.24, 2.45) is 0 Å². The lowest BCUT2D eigenvalue weighted by molar-refractivity contribution is -0.121. The van der Waals surface area contributed by atoms with Crippen LogP contribution in [0.3, 0.4) is 0 Å². The molecule has 1 unspecified atom stereocenters. The van der Waals surface area contributed by atoms with Gasteiger partial charge in [-0.25, -0.2) is 0 Å². The topological polar surface area (TPSA) is 41.1 Å². The van der Waals surface area contributed by atoms with Crippen LogP contribution in [-0.2, 0) is 4.79 Å². The largest absolute Gasteiger partial charge is 0.350 e. The Hall–Kier alpha value is -1.87. The van der Waals surface area contributed by atoms with Crippen LogP contribution >= 0.6 is 0 Å². The average molecular weight is 284 g/mol. The summed E-state index contributed by atoms with van der Waals surface area (Å²) in [4.78, 5) is 11.8. The number of hydrogen-bond donors (Lipinski definition) is 2. The van der Waals surface area contributed by atoms with Gasteiger partial charge in [0.15, 0.2) is 0 Å². The number of carbonyl (C=O) groups is 1. The first-order valence-electron chi connectivity index (χ1n) is 7.38. The highest BCUT2D eigenvalue weighted by atomic mass is 16.2. The number of rotatable bonds is 4. The van der Waals surface area contributed by atoms with Gasteiger partial charge >= 0.3 is 0 Å². The molecule has 2 N–H and O–H groups in total. The summed E-state index contributed by atoms with van der Waals surface area (Å²) in [5.74, 6) is 0.0233. The molecule has 2 aromatic rings. The predicted molar refractivity (Wildman–Crippen MR) is 88.3 cm³/mol. The predicted octanol–water partition coefficient (Wildman–Crippen LogP) is 3.41. The first-order chi connectivity index (χ1) is 9.85. The van der Waals surface area contributed by atoms with E-state index in [-0.39, 0.29) is 17.5 Å². The van der Waals surface area contributed by atoms with Crippen molar-refractivity contribution in [1.29, 1.82) is 0 Å². The second-order valence-corrected chi connectivity index (χ2v) is 6.51. The third-order valence-corrected chi connectivity index (χ3v) is 3.36. The molecule has 0 saturated heterocycles. The summed E-state index contributed by atoms with van der Waals surface area (Å²) in [5.41, 5.74) is 1.00. The molecular weight excluding hydrogens is 260 g/mol. The van der Waals surface area contributed by atoms with Crippen molar-refractivity contribution >= 4 is 16.7 Å². The maximum atomic E-state index is 11.8. The summed E-state index contributed by atoms with van der Waals surface area (Å²) in [6.45, 7) is 8.35. The molecule has 21 heavy (non-hydrogen) atoms. The van der Waals surface area contributed by atoms with Gasteiger partial charge in [0.05, 0.1) is 6.54 Å². The zero-order chi connectivity index (χ0) is 15.5. The second kappa shape index (κ2) is 6.27. The Balaban J connectivity index is 1.99. The lowest BCUT2D eigenvalue weighted by Gasteiger charge is -2.22. The molecule has 0 radical (unpaired) electrons. The molecule has 112 valence electrons. The van der Waals surface area contributed by atoms with E-state index in [0.29, 0.717) is 6.54 Å². The van der Waals surface area contributed by atoms with Gasteiger partial charge in [-0.3, -0.25) is 4.79 Å². The Bertz CT molecular complexity index is 628. The van der Waals surface area contributed by atoms with Crippen molar-refractivity contribution < 1.29 is 4.79 Å². The zero-order valence-corrected chi connectivity index (χ0v) is 13.2. The molecule has 0 saturated carbocycles. The SMILES string of the molecule is CC(NCC(=O)NC(C)(C)C)c1ccc2ccccc2c1. The van der Waals surface area contributed by atoms with E-state index in [4.69, 9.17) is 0 Å². The number of fused-ring (bicyclic) bond motifs is 1. The van der Waals surface area contributed by atoms with E-state index in [9.17, 15) is 4.79 Å². The Morgan fingerprint density at radius 2 is 1.76 bits per heavy atom. The quantitative estimate of drug-likeness (QED) is 0.903. The number of amides is 1. The van der Waals surface area contributed by atoms with Gasteiger partial charge in [-0.1, -0.05) is 36.4 Å². The van der Waals surface area contributed by atoms with Gasteiger partial charge < -0.3 is 10.6 Å². The summed E-state index contributed by atoms with van der Waals surface area (Å²) in [5, 5.41) is 8.69. The van der Waals surface area contributed by atoms with Gasteiger partial charge in [0.1, 0.15) is 0 Å². The van der Waals surface area contributed by atoms with E-state index in [0.717, 1.165) is 0 Å². The van der Waals surface area contributed by atoms with Crippen molar-refractivity contribution in [3.05, 3.63) is 48.0 Å². The van der Waals surface area contributed by atoms with Crippen LogP contribution in [0.25, 0.3) is 10.8 Å². The lowest BCUT2D eigenvalue weighted by Crippen LogP contribution is -2.45. The fraction of sp³-hybridized carbons (Fsp3) is 0.389. The van der Waals surface area contributed by atoms with Gasteiger partial charge in [-0.2, -0.15) is 0 Å². The van der Waals surface area contributed by atoms with E-state index in [1.54, 1.807) is 0 Å². The Labute approximate surface area is 126 Å². The van der Waals surface area contributed by atoms with E-state index < -0.39 is 0 Å². The minimum Gasteiger partial charge on any atom is -0.350 e. The van der Waals surface area contributed by atoms with Crippen molar-refractivity contribution in [2.45, 2.75) is 39.3 Å². The molecule has 2 rings (SSSR count). The Kier molecular flexibility index (Phi) is 4.63. The number of carbonyl (C=O) groups excluding carboxylic acids is 1. The maximum absolute atomic E-state index is 11.8. The monoisotopic (exact) mass is 284 g/mol. The fourth-order valence-electron chi connectivity index (χ4n) is 2.30. The van der Waals surface area contributed by atoms with Crippen LogP contribution in [-0.4, -0.2) is 18.0 Å². The van der Waals surface area contributed by atoms with Crippen LogP contribution in [0.4, 0.5) is 0 Å². The third-order valence-electron chi connectivity index (χ3n) is 3.36. The fourth-order valence-corrected chi connectivity index (χ4v) is 2.30. The van der Waals surface area contributed by atoms with Crippen molar-refractivity contribution in [3.8, 4) is 0 Å². The normalized spacial score (nSPS) is 13.1. The minimum atomic E-state index is -0.190. The molecule has 0 heterocycles. The van der Waals surface area contributed by atoms with Crippen molar-refractivity contribution in [3.63, 3.8) is 0 Å². The zero-order valence-electron chi connectivity index (χ0n) is 13.2. The molecule has 0 aliphatic rings. The summed E-state index contributed by atoms with van der Waals surface area (Å²) < 4.78 is 0. The van der Waals surface area contributed by atoms with Gasteiger partial charge in [-0.15, -0.1) is 0 Å². The van der Waals surface area contributed by atoms with Crippen LogP contribution in [0, 0.1) is 0 Å². The maximum Gasteiger partial charge on any atom is 0.234 e. The van der Waals surface area contributed by atoms with Crippen LogP contribution in [0.15, 0.2) is 42.5 Å². The van der Waals surface area contributed by atoms with Crippen LogP contribution in [0.1, 0.15) is 39.3 Å². The number of hydrogen-bond acceptors (Lipinski definition) is 2. The second-order valence-electron chi connectivity index (χ2n) is 6.51. The molecule has 0 aliphatic carbocycles. The van der Waals surface area contributed by atoms with Crippen LogP contribution < -0.4 is 10.6 Å². The lowest BCUT2D eigenvalue weighted by atomic mass is 10.0. The average Bonchev–Trinajstić information content (AvgIpc) is 2.42. The van der Waals surface area contributed by atoms with Gasteiger partial charge in [0.25, 0.3) is 0 Å². The summed E-state index contributed by atoms with van der Waals surface area (Å²) in [6.07, 6.45) is 0. The van der Waals surface area contributed by atoms with Crippen molar-refractivity contribution in [2.75, 3.05) is 6.54 Å². The van der Waals surface area contributed by atoms with Gasteiger partial charge in [0.2, 0.25) is 5.91 Å². The van der Waals surface area contributed by atoms with Gasteiger partial charge in [-0.05, 0) is 50.1 Å². The van der Waals surface area contributed by atoms with E-state index >= 15 is 0 Å². The summed E-state index contributed by atoms with van der Waals surface area (Å²) >= 11 is 0. The standard InChI is InChI=1S/C18H24N2O/c1-13(19-12-17(21)20-18(2,3)4)15-10-9-14-7-5-6-8-16(14)11-15/h5-11,13,19H,12H2,1-4H3,(H,20,21). The summed E-state index contributed by atoms with van der Waals surface area (Å²) in [6, 6.07) is 14.8. The van der Waals surface area contributed by atoms with Crippen molar-refractivity contribution in [1.82, 2.24) is 10.6 Å². The minimum absolute atomic E-state index is 0.0233. The highest BCUT2D eigenvalue weighted by Crippen LogP contribution is 2.20. The molecule has 0 spiro atoms. The van der Waals surface area contributed by atoms with Gasteiger partial charge in [0, 0.05) is 11.6 Å². The van der Waals surface area contributed by atoms with Crippen LogP contribution in [0.2, 0.25) is 0 Å². The molecule has 3 nitrogen and oxygen atoms in total. The Morgan fingerprint density at radius 1 is 1.10 bits per heavy atom. The number of benzene rings is 2. The highest BCUT2D eigenvalue weighted by Gasteiger charge is 2.14. The Morgan fingerprint density at radius 3 is 2.43 bits per heavy atom. The first-order valence-corrected chi connectivity index (χ1v) is 7.38. The molecule has 0 aliphatic heterocycles. The molecule has 1 atom stereocenters. The molecular formula is C18H24N2O. The van der Waals surface area contributed by atoms with E-state index in [1.165, 1.54) is 16.3 Å². The van der Waals surface area contributed by atoms with E-state index in [1.807, 2.05) is 32.9 Å². The van der Waals surface area contributed by atoms with E-state index in [2.05, 4.69) is 47.9 Å². The molecule has 0 fully saturated rings. The summed E-state index contributed by atoms with van der Waals surface area (Å²) in [7, 11) is 0. The number of nitrogens with one attached hydrogen (secondary N) is 2. The molecule has 3 heteroatoms. The molecule has 0 aromatic heterocycles. The first kappa shape index (κ1) is 15.5. The molecule has 0 bridgehead atoms. The molecule has 1 amide bonds.